The highest BCUT2D eigenvalue weighted by Crippen LogP contribution is 2.21. The van der Waals surface area contributed by atoms with Gasteiger partial charge in [-0.2, -0.15) is 0 Å². The van der Waals surface area contributed by atoms with Crippen LogP contribution in [0.25, 0.3) is 0 Å². The third kappa shape index (κ3) is 11.4. The molecule has 0 amide bonds. The summed E-state index contributed by atoms with van der Waals surface area (Å²) in [6.45, 7) is 7.97. The van der Waals surface area contributed by atoms with Gasteiger partial charge in [0.1, 0.15) is 41.6 Å². The fourth-order valence-electron chi connectivity index (χ4n) is 4.74. The van der Waals surface area contributed by atoms with Crippen LogP contribution in [-0.4, -0.2) is 97.6 Å². The first-order chi connectivity index (χ1) is 19.5. The molecule has 11 heteroatoms. The lowest BCUT2D eigenvalue weighted by atomic mass is 10.1. The number of nitrogens with zero attached hydrogens (tertiary/aromatic N) is 5. The number of pyridine rings is 1. The van der Waals surface area contributed by atoms with Crippen molar-refractivity contribution >= 4 is 23.4 Å². The summed E-state index contributed by atoms with van der Waals surface area (Å²) in [6, 6.07) is 5.42. The molecule has 2 aromatic heterocycles. The number of esters is 1. The Bertz CT molecular complexity index is 1100. The number of aromatic nitrogens is 3. The van der Waals surface area contributed by atoms with Gasteiger partial charge in [-0.25, -0.2) is 24.1 Å². The van der Waals surface area contributed by atoms with Crippen molar-refractivity contribution in [3.63, 3.8) is 0 Å². The molecule has 41 heavy (non-hydrogen) atoms. The first kappa shape index (κ1) is 32.5. The van der Waals surface area contributed by atoms with E-state index < -0.39 is 17.8 Å². The van der Waals surface area contributed by atoms with E-state index in [0.717, 1.165) is 56.0 Å². The van der Waals surface area contributed by atoms with Crippen LogP contribution in [0.2, 0.25) is 0 Å². The molecule has 0 aliphatic carbocycles. The minimum absolute atomic E-state index is 0.0323. The molecule has 0 aromatic carbocycles. The van der Waals surface area contributed by atoms with Crippen LogP contribution in [0.3, 0.4) is 0 Å². The maximum absolute atomic E-state index is 14.6. The Kier molecular flexibility index (Phi) is 12.5. The molecule has 1 aliphatic heterocycles. The number of rotatable bonds is 16. The molecule has 2 N–H and O–H groups in total. The molecule has 228 valence electrons. The average molecular weight is 574 g/mol. The van der Waals surface area contributed by atoms with E-state index in [4.69, 9.17) is 14.5 Å². The Morgan fingerprint density at radius 2 is 2.00 bits per heavy atom. The van der Waals surface area contributed by atoms with E-state index in [9.17, 15) is 9.18 Å². The van der Waals surface area contributed by atoms with E-state index in [2.05, 4.69) is 37.6 Å². The molecule has 0 saturated heterocycles. The highest BCUT2D eigenvalue weighted by molar-refractivity contribution is 5.79. The zero-order valence-electron chi connectivity index (χ0n) is 25.6. The van der Waals surface area contributed by atoms with Crippen LogP contribution in [0.4, 0.5) is 21.8 Å². The van der Waals surface area contributed by atoms with Crippen LogP contribution in [0.5, 0.6) is 0 Å². The Labute approximate surface area is 244 Å². The second kappa shape index (κ2) is 15.8. The van der Waals surface area contributed by atoms with Gasteiger partial charge in [-0.15, -0.1) is 0 Å². The Hall–Kier alpha value is -3.05. The molecule has 2 atom stereocenters. The molecule has 1 aliphatic rings. The van der Waals surface area contributed by atoms with Crippen molar-refractivity contribution in [1.29, 1.82) is 0 Å². The van der Waals surface area contributed by atoms with Gasteiger partial charge in [-0.05, 0) is 77.5 Å². The molecule has 0 bridgehead atoms. The molecule has 3 rings (SSSR count). The minimum Gasteiger partial charge on any atom is -0.458 e. The number of ether oxygens (including phenoxy) is 2. The molecule has 10 nitrogen and oxygen atoms in total. The number of aryl methyl sites for hydroxylation is 2. The van der Waals surface area contributed by atoms with Crippen molar-refractivity contribution < 1.29 is 18.7 Å². The lowest BCUT2D eigenvalue weighted by Gasteiger charge is -2.28. The summed E-state index contributed by atoms with van der Waals surface area (Å²) < 4.78 is 25.4. The van der Waals surface area contributed by atoms with Gasteiger partial charge in [-0.3, -0.25) is 0 Å². The molecule has 0 spiro atoms. The van der Waals surface area contributed by atoms with E-state index in [-0.39, 0.29) is 19.1 Å². The minimum atomic E-state index is -1.12. The number of hydrogen-bond donors (Lipinski definition) is 2. The number of halogens is 1. The highest BCUT2D eigenvalue weighted by atomic mass is 19.1. The van der Waals surface area contributed by atoms with Gasteiger partial charge >= 0.3 is 5.97 Å². The summed E-state index contributed by atoms with van der Waals surface area (Å²) >= 11 is 0. The lowest BCUT2D eigenvalue weighted by molar-refractivity contribution is -0.156. The van der Waals surface area contributed by atoms with Crippen LogP contribution in [0.1, 0.15) is 57.7 Å². The number of nitrogens with one attached hydrogen (secondary N) is 2. The summed E-state index contributed by atoms with van der Waals surface area (Å²) in [4.78, 5) is 30.4. The molecule has 3 heterocycles. The molecule has 0 radical (unpaired) electrons. The molecule has 2 aromatic rings. The van der Waals surface area contributed by atoms with E-state index in [1.807, 2.05) is 39.8 Å². The summed E-state index contributed by atoms with van der Waals surface area (Å²) in [5, 5.41) is 6.63. The predicted octanol–water partition coefficient (Wildman–Crippen LogP) is 4.12. The monoisotopic (exact) mass is 573 g/mol. The molecular formula is C30H48FN7O3. The number of anilines is 3. The quantitative estimate of drug-likeness (QED) is 0.225. The third-order valence-corrected chi connectivity index (χ3v) is 6.77. The number of alkyl halides is 1. The van der Waals surface area contributed by atoms with Gasteiger partial charge in [0.2, 0.25) is 0 Å². The molecule has 0 unspecified atom stereocenters. The number of unbranched alkanes of at least 4 members (excludes halogenated alkanes) is 1. The zero-order valence-corrected chi connectivity index (χ0v) is 25.6. The first-order valence-corrected chi connectivity index (χ1v) is 14.6. The molecule has 0 saturated carbocycles. The normalized spacial score (nSPS) is 14.6. The molecular weight excluding hydrogens is 525 g/mol. The van der Waals surface area contributed by atoms with E-state index in [1.54, 1.807) is 6.07 Å². The third-order valence-electron chi connectivity index (χ3n) is 6.77. The number of carbonyl (C=O) groups excluding carboxylic acids is 1. The maximum Gasteiger partial charge on any atom is 0.329 e. The lowest BCUT2D eigenvalue weighted by Crippen LogP contribution is -2.41. The number of methoxy groups -OCH3 is 1. The Morgan fingerprint density at radius 1 is 1.20 bits per heavy atom. The van der Waals surface area contributed by atoms with Gasteiger partial charge in [-0.1, -0.05) is 6.07 Å². The van der Waals surface area contributed by atoms with Crippen LogP contribution < -0.4 is 15.5 Å². The predicted molar refractivity (Wildman–Crippen MR) is 161 cm³/mol. The summed E-state index contributed by atoms with van der Waals surface area (Å²) in [7, 11) is 5.28. The number of fused-ring (bicyclic) bond motifs is 1. The van der Waals surface area contributed by atoms with Crippen molar-refractivity contribution in [2.75, 3.05) is 69.5 Å². The second-order valence-electron chi connectivity index (χ2n) is 11.8. The fraction of sp³-hybridized carbons (Fsp3) is 0.667. The zero-order chi connectivity index (χ0) is 29.8. The topological polar surface area (TPSA) is 105 Å². The standard InChI is InChI=1S/C30H48FN7O3/c1-30(2,3)41-29(39)25(36-26-18-27(37(4)5)34-21-33-26)14-17-38(19-23(31)20-40-6)16-8-7-11-24-13-12-22-10-9-15-32-28(22)35-24/h12-13,18,21,23,25H,7-11,14-17,19-20H2,1-6H3,(H,32,35)(H,33,34,36)/t23-,25-/m0/s1. The van der Waals surface area contributed by atoms with Gasteiger partial charge in [0.25, 0.3) is 0 Å². The van der Waals surface area contributed by atoms with Crippen molar-refractivity contribution in [3.8, 4) is 0 Å². The maximum atomic E-state index is 14.6. The van der Waals surface area contributed by atoms with Crippen molar-refractivity contribution in [2.24, 2.45) is 0 Å². The van der Waals surface area contributed by atoms with E-state index >= 15 is 0 Å². The van der Waals surface area contributed by atoms with Gasteiger partial charge in [0.15, 0.2) is 0 Å². The summed E-state index contributed by atoms with van der Waals surface area (Å²) in [5.41, 5.74) is 1.72. The number of hydrogen-bond acceptors (Lipinski definition) is 10. The van der Waals surface area contributed by atoms with E-state index in [1.165, 1.54) is 19.0 Å². The van der Waals surface area contributed by atoms with Crippen LogP contribution in [0.15, 0.2) is 24.5 Å². The van der Waals surface area contributed by atoms with Crippen molar-refractivity contribution in [3.05, 3.63) is 35.8 Å². The smallest absolute Gasteiger partial charge is 0.329 e. The van der Waals surface area contributed by atoms with Crippen LogP contribution in [0, 0.1) is 0 Å². The molecule has 0 fully saturated rings. The van der Waals surface area contributed by atoms with Gasteiger partial charge < -0.3 is 29.9 Å². The Balaban J connectivity index is 1.62. The van der Waals surface area contributed by atoms with E-state index in [0.29, 0.717) is 25.3 Å². The van der Waals surface area contributed by atoms with Crippen molar-refractivity contribution in [1.82, 2.24) is 19.9 Å². The van der Waals surface area contributed by atoms with Crippen LogP contribution >= 0.6 is 0 Å². The van der Waals surface area contributed by atoms with Gasteiger partial charge in [0, 0.05) is 52.6 Å². The van der Waals surface area contributed by atoms with Crippen LogP contribution in [-0.2, 0) is 27.1 Å². The van der Waals surface area contributed by atoms with Gasteiger partial charge in [0.05, 0.1) is 6.61 Å². The number of carbonyl (C=O) groups is 1. The first-order valence-electron chi connectivity index (χ1n) is 14.6. The SMILES string of the molecule is COC[C@@H](F)CN(CCCCc1ccc2c(n1)NCCC2)CC[C@H](Nc1cc(N(C)C)ncn1)C(=O)OC(C)(C)C. The summed E-state index contributed by atoms with van der Waals surface area (Å²) in [5.74, 6) is 1.89. The summed E-state index contributed by atoms with van der Waals surface area (Å²) in [6.07, 6.45) is 5.66. The van der Waals surface area contributed by atoms with Crippen molar-refractivity contribution in [2.45, 2.75) is 77.1 Å². The largest absolute Gasteiger partial charge is 0.458 e. The average Bonchev–Trinajstić information content (AvgIpc) is 2.92. The highest BCUT2D eigenvalue weighted by Gasteiger charge is 2.27. The second-order valence-corrected chi connectivity index (χ2v) is 11.8. The Morgan fingerprint density at radius 3 is 2.73 bits per heavy atom. The fourth-order valence-corrected chi connectivity index (χ4v) is 4.74.